The second kappa shape index (κ2) is 7.23. The zero-order valence-corrected chi connectivity index (χ0v) is 14.1. The maximum atomic E-state index is 14.4. The first-order valence-electron chi connectivity index (χ1n) is 7.36. The van der Waals surface area contributed by atoms with Crippen molar-refractivity contribution in [2.75, 3.05) is 13.3 Å². The maximum absolute atomic E-state index is 14.4. The van der Waals surface area contributed by atoms with E-state index in [1.54, 1.807) is 18.2 Å². The fraction of sp³-hybridized carbons (Fsp3) is 0.188. The molecule has 130 valence electrons. The number of methoxy groups -OCH3 is 1. The van der Waals surface area contributed by atoms with Gasteiger partial charge in [0.1, 0.15) is 5.82 Å². The molecule has 2 heterocycles. The highest BCUT2D eigenvalue weighted by molar-refractivity contribution is 7.45. The number of hydrogen-bond donors (Lipinski definition) is 3. The summed E-state index contributed by atoms with van der Waals surface area (Å²) >= 11 is 0. The molecule has 0 bridgehead atoms. The van der Waals surface area contributed by atoms with Crippen LogP contribution in [0.4, 0.5) is 4.39 Å². The highest BCUT2D eigenvalue weighted by atomic mass is 31.2. The molecule has 0 saturated carbocycles. The summed E-state index contributed by atoms with van der Waals surface area (Å²) in [6, 6.07) is 6.03. The number of nitrogens with zero attached hydrogens (tertiary/aromatic N) is 2. The molecule has 3 aromatic rings. The SMILES string of the molecule is COc1cc2cn[nH]c(=O)c2c(-c2ccc(CCP(O)O)c(F)c2)n1. The van der Waals surface area contributed by atoms with Gasteiger partial charge in [0, 0.05) is 23.2 Å². The molecule has 0 amide bonds. The van der Waals surface area contributed by atoms with E-state index in [4.69, 9.17) is 14.5 Å². The van der Waals surface area contributed by atoms with Gasteiger partial charge in [0.2, 0.25) is 5.88 Å². The van der Waals surface area contributed by atoms with Gasteiger partial charge in [-0.25, -0.2) is 14.5 Å². The number of ether oxygens (including phenoxy) is 1. The molecule has 2 aromatic heterocycles. The van der Waals surface area contributed by atoms with Crippen LogP contribution in [0.15, 0.2) is 35.3 Å². The van der Waals surface area contributed by atoms with Crippen LogP contribution in [0.25, 0.3) is 22.0 Å². The van der Waals surface area contributed by atoms with Gasteiger partial charge in [0.05, 0.1) is 24.4 Å². The Labute approximate surface area is 143 Å². The Bertz CT molecular complexity index is 977. The molecule has 0 unspecified atom stereocenters. The first kappa shape index (κ1) is 17.4. The zero-order chi connectivity index (χ0) is 18.0. The van der Waals surface area contributed by atoms with Crippen molar-refractivity contribution in [3.05, 3.63) is 52.2 Å². The molecular formula is C16H15FN3O4P. The lowest BCUT2D eigenvalue weighted by atomic mass is 10.0. The van der Waals surface area contributed by atoms with E-state index in [9.17, 15) is 9.18 Å². The summed E-state index contributed by atoms with van der Waals surface area (Å²) in [7, 11) is -0.622. The molecule has 0 aliphatic rings. The van der Waals surface area contributed by atoms with Gasteiger partial charge in [-0.2, -0.15) is 5.10 Å². The molecule has 0 fully saturated rings. The van der Waals surface area contributed by atoms with Crippen LogP contribution >= 0.6 is 8.38 Å². The first-order chi connectivity index (χ1) is 12.0. The van der Waals surface area contributed by atoms with Crippen molar-refractivity contribution < 1.29 is 18.9 Å². The molecule has 0 atom stereocenters. The van der Waals surface area contributed by atoms with Crippen molar-refractivity contribution in [2.24, 2.45) is 0 Å². The molecule has 3 rings (SSSR count). The molecule has 25 heavy (non-hydrogen) atoms. The number of aromatic nitrogens is 3. The molecule has 0 aliphatic carbocycles. The second-order valence-corrected chi connectivity index (χ2v) is 6.52. The highest BCUT2D eigenvalue weighted by Gasteiger charge is 2.14. The Morgan fingerprint density at radius 2 is 2.12 bits per heavy atom. The summed E-state index contributed by atoms with van der Waals surface area (Å²) < 4.78 is 19.5. The number of aryl methyl sites for hydroxylation is 1. The van der Waals surface area contributed by atoms with Crippen molar-refractivity contribution in [3.63, 3.8) is 0 Å². The summed E-state index contributed by atoms with van der Waals surface area (Å²) in [6.07, 6.45) is 1.78. The van der Waals surface area contributed by atoms with E-state index in [1.807, 2.05) is 0 Å². The largest absolute Gasteiger partial charge is 0.481 e. The van der Waals surface area contributed by atoms with Crippen LogP contribution in [0, 0.1) is 5.82 Å². The molecule has 0 aliphatic heterocycles. The molecule has 1 aromatic carbocycles. The number of rotatable bonds is 5. The summed E-state index contributed by atoms with van der Waals surface area (Å²) in [5.41, 5.74) is 0.632. The van der Waals surface area contributed by atoms with E-state index in [-0.39, 0.29) is 29.5 Å². The molecule has 0 spiro atoms. The van der Waals surface area contributed by atoms with Gasteiger partial charge in [0.25, 0.3) is 5.56 Å². The van der Waals surface area contributed by atoms with Gasteiger partial charge in [-0.15, -0.1) is 0 Å². The van der Waals surface area contributed by atoms with Crippen molar-refractivity contribution in [3.8, 4) is 17.1 Å². The number of halogens is 1. The van der Waals surface area contributed by atoms with Crippen molar-refractivity contribution in [1.82, 2.24) is 15.2 Å². The predicted molar refractivity (Wildman–Crippen MR) is 92.0 cm³/mol. The van der Waals surface area contributed by atoms with Crippen molar-refractivity contribution in [2.45, 2.75) is 6.42 Å². The van der Waals surface area contributed by atoms with Gasteiger partial charge < -0.3 is 14.5 Å². The Morgan fingerprint density at radius 1 is 1.32 bits per heavy atom. The average molecular weight is 363 g/mol. The van der Waals surface area contributed by atoms with Gasteiger partial charge in [-0.05, 0) is 18.1 Å². The Hall–Kier alpha value is -2.41. The van der Waals surface area contributed by atoms with E-state index in [1.165, 1.54) is 19.4 Å². The summed E-state index contributed by atoms with van der Waals surface area (Å²) in [4.78, 5) is 34.4. The minimum Gasteiger partial charge on any atom is -0.481 e. The maximum Gasteiger partial charge on any atom is 0.274 e. The zero-order valence-electron chi connectivity index (χ0n) is 13.2. The van der Waals surface area contributed by atoms with Crippen molar-refractivity contribution in [1.29, 1.82) is 0 Å². The van der Waals surface area contributed by atoms with Crippen molar-refractivity contribution >= 4 is 19.1 Å². The van der Waals surface area contributed by atoms with E-state index < -0.39 is 19.8 Å². The molecule has 3 N–H and O–H groups in total. The van der Waals surface area contributed by atoms with Crippen LogP contribution < -0.4 is 10.3 Å². The third kappa shape index (κ3) is 3.66. The lowest BCUT2D eigenvalue weighted by Gasteiger charge is -2.10. The topological polar surface area (TPSA) is 108 Å². The number of hydrogen-bond acceptors (Lipinski definition) is 6. The molecule has 0 saturated heterocycles. The fourth-order valence-corrected chi connectivity index (χ4v) is 2.97. The lowest BCUT2D eigenvalue weighted by Crippen LogP contribution is -2.10. The molecule has 0 radical (unpaired) electrons. The Balaban J connectivity index is 2.13. The number of H-pyrrole nitrogens is 1. The number of benzene rings is 1. The summed E-state index contributed by atoms with van der Waals surface area (Å²) in [5.74, 6) is -0.219. The van der Waals surface area contributed by atoms with Crippen LogP contribution in [-0.2, 0) is 6.42 Å². The van der Waals surface area contributed by atoms with Crippen LogP contribution in [0.3, 0.4) is 0 Å². The summed E-state index contributed by atoms with van der Waals surface area (Å²) in [5, 5.41) is 6.92. The van der Waals surface area contributed by atoms with Gasteiger partial charge in [-0.3, -0.25) is 4.79 Å². The normalized spacial score (nSPS) is 11.2. The minimum atomic E-state index is -2.07. The number of nitrogens with one attached hydrogen (secondary N) is 1. The quantitative estimate of drug-likeness (QED) is 0.598. The van der Waals surface area contributed by atoms with Crippen LogP contribution in [0.1, 0.15) is 5.56 Å². The van der Waals surface area contributed by atoms with E-state index in [0.29, 0.717) is 16.5 Å². The number of fused-ring (bicyclic) bond motifs is 1. The van der Waals surface area contributed by atoms with E-state index in [2.05, 4.69) is 15.2 Å². The van der Waals surface area contributed by atoms with Gasteiger partial charge in [-0.1, -0.05) is 12.1 Å². The van der Waals surface area contributed by atoms with Gasteiger partial charge in [0.15, 0.2) is 8.38 Å². The third-order valence-electron chi connectivity index (χ3n) is 3.74. The second-order valence-electron chi connectivity index (χ2n) is 5.33. The third-order valence-corrected chi connectivity index (χ3v) is 4.36. The first-order valence-corrected chi connectivity index (χ1v) is 8.79. The van der Waals surface area contributed by atoms with Gasteiger partial charge >= 0.3 is 0 Å². The monoisotopic (exact) mass is 363 g/mol. The van der Waals surface area contributed by atoms with E-state index >= 15 is 0 Å². The number of pyridine rings is 1. The smallest absolute Gasteiger partial charge is 0.274 e. The Morgan fingerprint density at radius 3 is 2.80 bits per heavy atom. The summed E-state index contributed by atoms with van der Waals surface area (Å²) in [6.45, 7) is 0. The lowest BCUT2D eigenvalue weighted by molar-refractivity contribution is 0.399. The van der Waals surface area contributed by atoms with Crippen LogP contribution in [0.2, 0.25) is 0 Å². The highest BCUT2D eigenvalue weighted by Crippen LogP contribution is 2.30. The molecular weight excluding hydrogens is 348 g/mol. The Kier molecular flexibility index (Phi) is 5.03. The number of aromatic amines is 1. The van der Waals surface area contributed by atoms with Crippen LogP contribution in [-0.4, -0.2) is 38.2 Å². The molecule has 9 heteroatoms. The van der Waals surface area contributed by atoms with Crippen LogP contribution in [0.5, 0.6) is 5.88 Å². The van der Waals surface area contributed by atoms with E-state index in [0.717, 1.165) is 0 Å². The minimum absolute atomic E-state index is 0.0945. The fourth-order valence-electron chi connectivity index (χ4n) is 2.53. The predicted octanol–water partition coefficient (Wildman–Crippen LogP) is 1.97. The standard InChI is InChI=1S/C16H15FN3O4P/c1-24-13-7-11-8-18-20-16(21)14(11)15(19-13)10-3-2-9(12(17)6-10)4-5-25(22)23/h2-3,6-8,22-23H,4-5H2,1H3,(H,20,21). The molecule has 7 nitrogen and oxygen atoms in total. The average Bonchev–Trinajstić information content (AvgIpc) is 2.59.